The van der Waals surface area contributed by atoms with Crippen LogP contribution in [0.4, 0.5) is 5.69 Å². The zero-order chi connectivity index (χ0) is 15.6. The summed E-state index contributed by atoms with van der Waals surface area (Å²) in [5.74, 6) is -0.695. The number of sulfonamides is 1. The molecule has 0 saturated carbocycles. The second-order valence-electron chi connectivity index (χ2n) is 4.49. The summed E-state index contributed by atoms with van der Waals surface area (Å²) in [5.41, 5.74) is 1.17. The van der Waals surface area contributed by atoms with Crippen molar-refractivity contribution >= 4 is 21.6 Å². The molecule has 1 amide bonds. The Bertz CT molecular complexity index is 800. The van der Waals surface area contributed by atoms with Gasteiger partial charge in [-0.15, -0.1) is 0 Å². The van der Waals surface area contributed by atoms with Crippen molar-refractivity contribution < 1.29 is 18.3 Å². The summed E-state index contributed by atoms with van der Waals surface area (Å²) in [6.45, 7) is 1.77. The fraction of sp³-hybridized carbons (Fsp3) is 0.0714. The Labute approximate surface area is 122 Å². The van der Waals surface area contributed by atoms with Crippen molar-refractivity contribution in [3.05, 3.63) is 53.6 Å². The van der Waals surface area contributed by atoms with Gasteiger partial charge in [0.25, 0.3) is 5.91 Å². The van der Waals surface area contributed by atoms with E-state index in [0.717, 1.165) is 23.8 Å². The van der Waals surface area contributed by atoms with Gasteiger partial charge in [0, 0.05) is 5.56 Å². The first kappa shape index (κ1) is 15.0. The number of aryl methyl sites for hydroxylation is 1. The van der Waals surface area contributed by atoms with E-state index in [0.29, 0.717) is 5.56 Å². The zero-order valence-electron chi connectivity index (χ0n) is 11.2. The van der Waals surface area contributed by atoms with Crippen molar-refractivity contribution in [2.45, 2.75) is 11.8 Å². The third kappa shape index (κ3) is 3.39. The smallest absolute Gasteiger partial charge is 0.256 e. The molecule has 0 aliphatic heterocycles. The third-order valence-corrected chi connectivity index (χ3v) is 3.85. The largest absolute Gasteiger partial charge is 0.506 e. The molecule has 0 aliphatic carbocycles. The standard InChI is InChI=1S/C14H14N2O4S/c1-9-4-2-3-5-11(9)14(18)16-12-8-10(21(15,19)20)6-7-13(12)17/h2-8,17H,1H3,(H,16,18)(H2,15,19,20). The maximum absolute atomic E-state index is 12.1. The summed E-state index contributed by atoms with van der Waals surface area (Å²) < 4.78 is 22.6. The molecule has 110 valence electrons. The van der Waals surface area contributed by atoms with Crippen LogP contribution in [0.5, 0.6) is 5.75 Å². The lowest BCUT2D eigenvalue weighted by Crippen LogP contribution is -2.15. The summed E-state index contributed by atoms with van der Waals surface area (Å²) in [5, 5.41) is 17.2. The Hall–Kier alpha value is -2.38. The molecule has 0 radical (unpaired) electrons. The van der Waals surface area contributed by atoms with Gasteiger partial charge < -0.3 is 10.4 Å². The number of primary sulfonamides is 1. The van der Waals surface area contributed by atoms with E-state index in [1.54, 1.807) is 31.2 Å². The molecule has 0 unspecified atom stereocenters. The van der Waals surface area contributed by atoms with Crippen molar-refractivity contribution in [2.75, 3.05) is 5.32 Å². The van der Waals surface area contributed by atoms with Crippen molar-refractivity contribution in [3.63, 3.8) is 0 Å². The van der Waals surface area contributed by atoms with Gasteiger partial charge in [-0.05, 0) is 36.8 Å². The minimum Gasteiger partial charge on any atom is -0.506 e. The summed E-state index contributed by atoms with van der Waals surface area (Å²) in [6.07, 6.45) is 0. The number of carbonyl (C=O) groups excluding carboxylic acids is 1. The van der Waals surface area contributed by atoms with Crippen molar-refractivity contribution in [2.24, 2.45) is 5.14 Å². The van der Waals surface area contributed by atoms with Crippen molar-refractivity contribution in [1.82, 2.24) is 0 Å². The summed E-state index contributed by atoms with van der Waals surface area (Å²) in [4.78, 5) is 12.0. The first-order chi connectivity index (χ1) is 9.79. The molecular formula is C14H14N2O4S. The average Bonchev–Trinajstić information content (AvgIpc) is 2.40. The van der Waals surface area contributed by atoms with Crippen LogP contribution in [0.2, 0.25) is 0 Å². The molecule has 0 atom stereocenters. The van der Waals surface area contributed by atoms with E-state index in [1.165, 1.54) is 0 Å². The number of phenols is 1. The van der Waals surface area contributed by atoms with Crippen LogP contribution in [0, 0.1) is 6.92 Å². The number of hydrogen-bond donors (Lipinski definition) is 3. The summed E-state index contributed by atoms with van der Waals surface area (Å²) in [6, 6.07) is 10.3. The fourth-order valence-corrected chi connectivity index (χ4v) is 2.35. The zero-order valence-corrected chi connectivity index (χ0v) is 12.0. The predicted octanol–water partition coefficient (Wildman–Crippen LogP) is 1.60. The normalized spacial score (nSPS) is 11.1. The average molecular weight is 306 g/mol. The number of phenolic OH excluding ortho intramolecular Hbond substituents is 1. The molecule has 0 bridgehead atoms. The molecular weight excluding hydrogens is 292 g/mol. The predicted molar refractivity (Wildman–Crippen MR) is 78.6 cm³/mol. The van der Waals surface area contributed by atoms with Gasteiger partial charge in [0.2, 0.25) is 10.0 Å². The minimum atomic E-state index is -3.91. The number of amides is 1. The molecule has 6 nitrogen and oxygen atoms in total. The van der Waals surface area contributed by atoms with E-state index >= 15 is 0 Å². The van der Waals surface area contributed by atoms with Gasteiger partial charge in [-0.25, -0.2) is 13.6 Å². The number of nitrogens with two attached hydrogens (primary N) is 1. The van der Waals surface area contributed by atoms with Gasteiger partial charge in [0.05, 0.1) is 10.6 Å². The van der Waals surface area contributed by atoms with Crippen LogP contribution >= 0.6 is 0 Å². The Balaban J connectivity index is 2.36. The van der Waals surface area contributed by atoms with Crippen LogP contribution in [-0.4, -0.2) is 19.4 Å². The van der Waals surface area contributed by atoms with Gasteiger partial charge in [0.1, 0.15) is 5.75 Å². The highest BCUT2D eigenvalue weighted by atomic mass is 32.2. The molecule has 2 rings (SSSR count). The number of nitrogens with one attached hydrogen (secondary N) is 1. The van der Waals surface area contributed by atoms with Crippen LogP contribution in [0.1, 0.15) is 15.9 Å². The number of carbonyl (C=O) groups is 1. The first-order valence-electron chi connectivity index (χ1n) is 6.02. The lowest BCUT2D eigenvalue weighted by molar-refractivity contribution is 0.102. The lowest BCUT2D eigenvalue weighted by atomic mass is 10.1. The third-order valence-electron chi connectivity index (χ3n) is 2.93. The molecule has 2 aromatic rings. The van der Waals surface area contributed by atoms with Crippen LogP contribution < -0.4 is 10.5 Å². The number of hydrogen-bond acceptors (Lipinski definition) is 4. The van der Waals surface area contributed by atoms with Crippen molar-refractivity contribution in [3.8, 4) is 5.75 Å². The Morgan fingerprint density at radius 1 is 1.19 bits per heavy atom. The van der Waals surface area contributed by atoms with Gasteiger partial charge in [-0.1, -0.05) is 18.2 Å². The molecule has 21 heavy (non-hydrogen) atoms. The number of aromatic hydroxyl groups is 1. The second kappa shape index (κ2) is 5.55. The molecule has 7 heteroatoms. The number of anilines is 1. The van der Waals surface area contributed by atoms with E-state index in [2.05, 4.69) is 5.32 Å². The van der Waals surface area contributed by atoms with Crippen LogP contribution in [0.3, 0.4) is 0 Å². The highest BCUT2D eigenvalue weighted by Crippen LogP contribution is 2.26. The monoisotopic (exact) mass is 306 g/mol. The van der Waals surface area contributed by atoms with Gasteiger partial charge in [-0.2, -0.15) is 0 Å². The molecule has 0 heterocycles. The Kier molecular flexibility index (Phi) is 3.97. The fourth-order valence-electron chi connectivity index (χ4n) is 1.81. The number of benzene rings is 2. The molecule has 0 fully saturated rings. The lowest BCUT2D eigenvalue weighted by Gasteiger charge is -2.10. The SMILES string of the molecule is Cc1ccccc1C(=O)Nc1cc(S(N)(=O)=O)ccc1O. The van der Waals surface area contributed by atoms with E-state index in [1.807, 2.05) is 0 Å². The van der Waals surface area contributed by atoms with Crippen LogP contribution in [0.25, 0.3) is 0 Å². The van der Waals surface area contributed by atoms with Crippen LogP contribution in [0.15, 0.2) is 47.4 Å². The van der Waals surface area contributed by atoms with Gasteiger partial charge in [-0.3, -0.25) is 4.79 Å². The Morgan fingerprint density at radius 2 is 1.86 bits per heavy atom. The van der Waals surface area contributed by atoms with E-state index in [4.69, 9.17) is 5.14 Å². The van der Waals surface area contributed by atoms with Gasteiger partial charge in [0.15, 0.2) is 0 Å². The summed E-state index contributed by atoms with van der Waals surface area (Å²) >= 11 is 0. The molecule has 4 N–H and O–H groups in total. The van der Waals surface area contributed by atoms with Crippen molar-refractivity contribution in [1.29, 1.82) is 0 Å². The van der Waals surface area contributed by atoms with E-state index in [-0.39, 0.29) is 16.3 Å². The highest BCUT2D eigenvalue weighted by Gasteiger charge is 2.14. The molecule has 0 aromatic heterocycles. The summed E-state index contributed by atoms with van der Waals surface area (Å²) in [7, 11) is -3.91. The van der Waals surface area contributed by atoms with Crippen LogP contribution in [-0.2, 0) is 10.0 Å². The topological polar surface area (TPSA) is 109 Å². The van der Waals surface area contributed by atoms with E-state index < -0.39 is 15.9 Å². The number of rotatable bonds is 3. The maximum atomic E-state index is 12.1. The molecule has 2 aromatic carbocycles. The maximum Gasteiger partial charge on any atom is 0.256 e. The molecule has 0 spiro atoms. The quantitative estimate of drug-likeness (QED) is 0.748. The first-order valence-corrected chi connectivity index (χ1v) is 7.56. The minimum absolute atomic E-state index is 0.0187. The molecule has 0 saturated heterocycles. The molecule has 0 aliphatic rings. The Morgan fingerprint density at radius 3 is 2.48 bits per heavy atom. The second-order valence-corrected chi connectivity index (χ2v) is 6.05. The van der Waals surface area contributed by atoms with E-state index in [9.17, 15) is 18.3 Å². The highest BCUT2D eigenvalue weighted by molar-refractivity contribution is 7.89. The van der Waals surface area contributed by atoms with Gasteiger partial charge >= 0.3 is 0 Å².